The Morgan fingerprint density at radius 2 is 1.47 bits per heavy atom. The van der Waals surface area contributed by atoms with Crippen LogP contribution in [0.15, 0.2) is 58.5 Å². The fraction of sp³-hybridized carbons (Fsp3) is 0.367. The van der Waals surface area contributed by atoms with Gasteiger partial charge in [-0.1, -0.05) is 24.3 Å². The third-order valence-corrected chi connectivity index (χ3v) is 8.93. The summed E-state index contributed by atoms with van der Waals surface area (Å²) in [5.41, 5.74) is -1.35. The van der Waals surface area contributed by atoms with Crippen LogP contribution in [0, 0.1) is 6.92 Å². The van der Waals surface area contributed by atoms with Crippen LogP contribution in [-0.4, -0.2) is 87.9 Å². The van der Waals surface area contributed by atoms with E-state index >= 15 is 0 Å². The van der Waals surface area contributed by atoms with Crippen LogP contribution < -0.4 is 5.56 Å². The molecule has 0 N–H and O–H groups in total. The number of hydrogen-bond donors (Lipinski definition) is 0. The highest BCUT2D eigenvalue weighted by atomic mass is 32.2. The van der Waals surface area contributed by atoms with Crippen molar-refractivity contribution in [3.8, 4) is 5.69 Å². The van der Waals surface area contributed by atoms with Gasteiger partial charge in [-0.2, -0.15) is 0 Å². The van der Waals surface area contributed by atoms with Crippen LogP contribution in [-0.2, 0) is 52.7 Å². The Morgan fingerprint density at radius 1 is 0.830 bits per heavy atom. The van der Waals surface area contributed by atoms with E-state index in [4.69, 9.17) is 23.7 Å². The Morgan fingerprint density at radius 3 is 2.11 bits per heavy atom. The van der Waals surface area contributed by atoms with Gasteiger partial charge in [-0.15, -0.1) is 10.2 Å². The molecule has 4 aromatic rings. The van der Waals surface area contributed by atoms with Gasteiger partial charge in [0.1, 0.15) is 12.7 Å². The predicted molar refractivity (Wildman–Crippen MR) is 160 cm³/mol. The lowest BCUT2D eigenvalue weighted by Crippen LogP contribution is -2.64. The molecule has 0 bridgehead atoms. The number of sulfone groups is 1. The molecule has 0 saturated carbocycles. The lowest BCUT2D eigenvalue weighted by molar-refractivity contribution is -0.238. The van der Waals surface area contributed by atoms with E-state index in [0.29, 0.717) is 5.69 Å². The number of rotatable bonds is 8. The Labute approximate surface area is 267 Å². The number of para-hydroxylation sites is 1. The van der Waals surface area contributed by atoms with Crippen molar-refractivity contribution in [2.75, 3.05) is 6.61 Å². The van der Waals surface area contributed by atoms with Gasteiger partial charge in [0.15, 0.2) is 18.3 Å². The van der Waals surface area contributed by atoms with Crippen LogP contribution in [0.25, 0.3) is 22.4 Å². The largest absolute Gasteiger partial charge is 0.463 e. The molecule has 1 saturated heterocycles. The molecule has 2 aromatic heterocycles. The number of benzene rings is 2. The molecule has 17 heteroatoms. The van der Waals surface area contributed by atoms with E-state index in [2.05, 4.69) is 10.2 Å². The van der Waals surface area contributed by atoms with Crippen LogP contribution >= 0.6 is 0 Å². The molecule has 3 heterocycles. The van der Waals surface area contributed by atoms with Crippen molar-refractivity contribution in [1.82, 2.24) is 19.2 Å². The third kappa shape index (κ3) is 6.44. The molecular formula is C30H30N4O12S. The number of aryl methyl sites for hydroxylation is 1. The van der Waals surface area contributed by atoms with E-state index in [1.165, 1.54) is 16.7 Å². The maximum absolute atomic E-state index is 14.6. The smallest absolute Gasteiger partial charge is 0.303 e. The standard InChI is InChI=1S/C30H30N4O12S/c1-15-9-8-10-20(13-15)33-27(39)21-11-6-7-12-22(21)34-29(33)31-32-30(34)47(40,41)28-26(45-19(5)38)25(44-18(4)37)24(43-17(3)36)23(46-28)14-42-16(2)35/h6-13,23-26,28H,14H2,1-5H3/t23-,24-,25+,26-,28+/m1/s1. The highest BCUT2D eigenvalue weighted by molar-refractivity contribution is 7.91. The summed E-state index contributed by atoms with van der Waals surface area (Å²) < 4.78 is 58.7. The van der Waals surface area contributed by atoms with Crippen LogP contribution in [0.1, 0.15) is 33.3 Å². The summed E-state index contributed by atoms with van der Waals surface area (Å²) >= 11 is 0. The van der Waals surface area contributed by atoms with Crippen molar-refractivity contribution >= 4 is 50.4 Å². The molecule has 1 aliphatic heterocycles. The predicted octanol–water partition coefficient (Wildman–Crippen LogP) is 1.20. The first-order chi connectivity index (χ1) is 22.2. The molecule has 16 nitrogen and oxygen atoms in total. The second kappa shape index (κ2) is 12.9. The minimum Gasteiger partial charge on any atom is -0.463 e. The molecule has 1 aliphatic rings. The first-order valence-corrected chi connectivity index (χ1v) is 15.8. The van der Waals surface area contributed by atoms with E-state index in [-0.39, 0.29) is 16.7 Å². The van der Waals surface area contributed by atoms with Crippen molar-refractivity contribution in [3.63, 3.8) is 0 Å². The van der Waals surface area contributed by atoms with E-state index < -0.39 is 80.9 Å². The van der Waals surface area contributed by atoms with Gasteiger partial charge in [0.2, 0.25) is 21.1 Å². The molecule has 5 rings (SSSR count). The fourth-order valence-corrected chi connectivity index (χ4v) is 7.05. The van der Waals surface area contributed by atoms with Crippen LogP contribution in [0.4, 0.5) is 0 Å². The van der Waals surface area contributed by atoms with Gasteiger partial charge in [0.25, 0.3) is 10.7 Å². The van der Waals surface area contributed by atoms with Gasteiger partial charge in [-0.05, 0) is 36.8 Å². The highest BCUT2D eigenvalue weighted by Gasteiger charge is 2.57. The number of carbonyl (C=O) groups excluding carboxylic acids is 4. The monoisotopic (exact) mass is 670 g/mol. The first-order valence-electron chi connectivity index (χ1n) is 14.2. The molecular weight excluding hydrogens is 640 g/mol. The third-order valence-electron chi connectivity index (χ3n) is 7.16. The molecule has 5 atom stereocenters. The van der Waals surface area contributed by atoms with Gasteiger partial charge in [0, 0.05) is 27.7 Å². The SMILES string of the molecule is CC(=O)OC[C@H]1O[C@@H](S(=O)(=O)c2nnc3n(-c4cccc(C)c4)c(=O)c4ccccc4n23)[C@H](OC(C)=O)[C@@H](OC(C)=O)[C@@H]1OC(C)=O. The number of esters is 4. The zero-order valence-electron chi connectivity index (χ0n) is 25.8. The number of nitrogens with zero attached hydrogens (tertiary/aromatic N) is 4. The summed E-state index contributed by atoms with van der Waals surface area (Å²) in [4.78, 5) is 62.1. The Kier molecular flexibility index (Phi) is 9.13. The van der Waals surface area contributed by atoms with E-state index in [1.54, 1.807) is 30.3 Å². The summed E-state index contributed by atoms with van der Waals surface area (Å²) in [7, 11) is -4.94. The maximum Gasteiger partial charge on any atom is 0.303 e. The Bertz CT molecular complexity index is 2070. The maximum atomic E-state index is 14.6. The van der Waals surface area contributed by atoms with Crippen molar-refractivity contribution in [1.29, 1.82) is 0 Å². The van der Waals surface area contributed by atoms with E-state index in [1.807, 2.05) is 13.0 Å². The molecule has 0 unspecified atom stereocenters. The molecule has 47 heavy (non-hydrogen) atoms. The molecule has 0 aliphatic carbocycles. The topological polar surface area (TPSA) is 201 Å². The number of carbonyl (C=O) groups is 4. The lowest BCUT2D eigenvalue weighted by atomic mass is 9.99. The molecule has 0 amide bonds. The summed E-state index contributed by atoms with van der Waals surface area (Å²) in [6.07, 6.45) is -6.76. The molecule has 248 valence electrons. The first kappa shape index (κ1) is 33.2. The Balaban J connectivity index is 1.77. The number of ether oxygens (including phenoxy) is 5. The molecule has 1 fully saturated rings. The van der Waals surface area contributed by atoms with Crippen molar-refractivity contribution in [2.45, 2.75) is 69.6 Å². The van der Waals surface area contributed by atoms with E-state index in [0.717, 1.165) is 37.7 Å². The van der Waals surface area contributed by atoms with Crippen LogP contribution in [0.5, 0.6) is 0 Å². The van der Waals surface area contributed by atoms with Crippen molar-refractivity contribution < 1.29 is 51.3 Å². The summed E-state index contributed by atoms with van der Waals surface area (Å²) in [6.45, 7) is 5.30. The van der Waals surface area contributed by atoms with Crippen molar-refractivity contribution in [2.24, 2.45) is 0 Å². The number of hydrogen-bond acceptors (Lipinski definition) is 14. The van der Waals surface area contributed by atoms with Gasteiger partial charge >= 0.3 is 23.9 Å². The van der Waals surface area contributed by atoms with Gasteiger partial charge in [-0.25, -0.2) is 13.0 Å². The zero-order chi connectivity index (χ0) is 34.2. The van der Waals surface area contributed by atoms with Crippen LogP contribution in [0.3, 0.4) is 0 Å². The highest BCUT2D eigenvalue weighted by Crippen LogP contribution is 2.34. The summed E-state index contributed by atoms with van der Waals surface area (Å²) in [6, 6.07) is 13.1. The number of aromatic nitrogens is 4. The Hall–Kier alpha value is -5.16. The van der Waals surface area contributed by atoms with Gasteiger partial charge in [-0.3, -0.25) is 28.4 Å². The second-order valence-corrected chi connectivity index (χ2v) is 12.6. The summed E-state index contributed by atoms with van der Waals surface area (Å²) in [5, 5.41) is 7.47. The molecule has 0 spiro atoms. The minimum atomic E-state index is -4.94. The average molecular weight is 671 g/mol. The van der Waals surface area contributed by atoms with E-state index in [9.17, 15) is 32.4 Å². The lowest BCUT2D eigenvalue weighted by Gasteiger charge is -2.43. The van der Waals surface area contributed by atoms with Gasteiger partial charge < -0.3 is 23.7 Å². The van der Waals surface area contributed by atoms with Crippen molar-refractivity contribution in [3.05, 3.63) is 64.4 Å². The fourth-order valence-electron chi connectivity index (χ4n) is 5.41. The second-order valence-electron chi connectivity index (χ2n) is 10.7. The minimum absolute atomic E-state index is 0.124. The summed E-state index contributed by atoms with van der Waals surface area (Å²) in [5.74, 6) is -3.74. The quantitative estimate of drug-likeness (QED) is 0.191. The van der Waals surface area contributed by atoms with Crippen LogP contribution in [0.2, 0.25) is 0 Å². The normalized spacial score (nSPS) is 21.3. The molecule has 2 aromatic carbocycles. The van der Waals surface area contributed by atoms with Gasteiger partial charge in [0.05, 0.1) is 16.6 Å². The number of fused-ring (bicyclic) bond motifs is 3. The average Bonchev–Trinajstić information content (AvgIpc) is 3.43. The molecule has 0 radical (unpaired) electrons. The zero-order valence-corrected chi connectivity index (χ0v) is 26.6.